The van der Waals surface area contributed by atoms with Crippen LogP contribution in [0.3, 0.4) is 0 Å². The molecule has 0 saturated carbocycles. The van der Waals surface area contributed by atoms with Gasteiger partial charge in [-0.2, -0.15) is 0 Å². The van der Waals surface area contributed by atoms with Crippen LogP contribution in [0.2, 0.25) is 0 Å². The molecule has 0 bridgehead atoms. The monoisotopic (exact) mass is 366 g/mol. The molecule has 4 aromatic rings. The van der Waals surface area contributed by atoms with E-state index in [4.69, 9.17) is 0 Å². The molecule has 0 saturated heterocycles. The Bertz CT molecular complexity index is 1020. The SMILES string of the molecule is CCCCC=C(Nc1cccc2ccccc12)Nc1cccc2ccccc12. The zero-order chi connectivity index (χ0) is 19.2. The second-order valence-electron chi connectivity index (χ2n) is 7.06. The first-order chi connectivity index (χ1) is 13.8. The molecule has 2 nitrogen and oxygen atoms in total. The maximum absolute atomic E-state index is 3.64. The largest absolute Gasteiger partial charge is 0.342 e. The molecular weight excluding hydrogens is 340 g/mol. The summed E-state index contributed by atoms with van der Waals surface area (Å²) < 4.78 is 0. The van der Waals surface area contributed by atoms with Crippen molar-refractivity contribution in [1.29, 1.82) is 0 Å². The molecule has 0 aliphatic carbocycles. The van der Waals surface area contributed by atoms with Crippen LogP contribution in [-0.4, -0.2) is 0 Å². The third-order valence-electron chi connectivity index (χ3n) is 5.02. The Hall–Kier alpha value is -3.26. The van der Waals surface area contributed by atoms with Crippen molar-refractivity contribution in [3.05, 3.63) is 96.8 Å². The first-order valence-electron chi connectivity index (χ1n) is 10.0. The summed E-state index contributed by atoms with van der Waals surface area (Å²) in [5.74, 6) is 1.03. The van der Waals surface area contributed by atoms with Gasteiger partial charge in [-0.25, -0.2) is 0 Å². The lowest BCUT2D eigenvalue weighted by Crippen LogP contribution is -2.10. The minimum Gasteiger partial charge on any atom is -0.342 e. The van der Waals surface area contributed by atoms with Crippen molar-refractivity contribution in [2.75, 3.05) is 10.6 Å². The van der Waals surface area contributed by atoms with Gasteiger partial charge in [0.25, 0.3) is 0 Å². The van der Waals surface area contributed by atoms with Gasteiger partial charge in [-0.15, -0.1) is 0 Å². The number of rotatable bonds is 7. The van der Waals surface area contributed by atoms with Crippen LogP contribution in [0.4, 0.5) is 11.4 Å². The summed E-state index contributed by atoms with van der Waals surface area (Å²) in [6.07, 6.45) is 5.68. The molecule has 28 heavy (non-hydrogen) atoms. The molecule has 0 radical (unpaired) electrons. The highest BCUT2D eigenvalue weighted by Gasteiger charge is 2.06. The third-order valence-corrected chi connectivity index (χ3v) is 5.02. The van der Waals surface area contributed by atoms with Gasteiger partial charge in [0.05, 0.1) is 0 Å². The Morgan fingerprint density at radius 3 is 1.71 bits per heavy atom. The van der Waals surface area contributed by atoms with Crippen LogP contribution in [0.25, 0.3) is 21.5 Å². The second-order valence-corrected chi connectivity index (χ2v) is 7.06. The summed E-state index contributed by atoms with van der Waals surface area (Å²) in [5.41, 5.74) is 2.24. The number of benzene rings is 4. The number of allylic oxidation sites excluding steroid dienone is 1. The van der Waals surface area contributed by atoms with E-state index in [0.29, 0.717) is 0 Å². The van der Waals surface area contributed by atoms with Crippen molar-refractivity contribution < 1.29 is 0 Å². The molecule has 0 fully saturated rings. The summed E-state index contributed by atoms with van der Waals surface area (Å²) in [5, 5.41) is 12.2. The molecule has 2 N–H and O–H groups in total. The standard InChI is InChI=1S/C26H26N2/c1-2-3-4-19-26(27-24-17-9-13-20-11-5-7-15-22(20)24)28-25-18-10-14-21-12-6-8-16-23(21)25/h5-19,27-28H,2-4H2,1H3. The summed E-state index contributed by atoms with van der Waals surface area (Å²) in [6.45, 7) is 2.23. The molecule has 4 aromatic carbocycles. The molecule has 0 aliphatic heterocycles. The molecule has 0 spiro atoms. The van der Waals surface area contributed by atoms with Gasteiger partial charge in [0.1, 0.15) is 5.82 Å². The van der Waals surface area contributed by atoms with E-state index in [1.54, 1.807) is 0 Å². The smallest absolute Gasteiger partial charge is 0.103 e. The predicted octanol–water partition coefficient (Wildman–Crippen LogP) is 7.55. The predicted molar refractivity (Wildman–Crippen MR) is 123 cm³/mol. The van der Waals surface area contributed by atoms with Crippen LogP contribution in [0, 0.1) is 0 Å². The van der Waals surface area contributed by atoms with Crippen LogP contribution in [0.5, 0.6) is 0 Å². The Morgan fingerprint density at radius 1 is 0.679 bits per heavy atom. The maximum Gasteiger partial charge on any atom is 0.103 e. The quantitative estimate of drug-likeness (QED) is 0.330. The summed E-state index contributed by atoms with van der Waals surface area (Å²) >= 11 is 0. The van der Waals surface area contributed by atoms with E-state index in [0.717, 1.165) is 23.6 Å². The number of nitrogens with one attached hydrogen (secondary N) is 2. The Labute approximate surface area is 166 Å². The average molecular weight is 367 g/mol. The Morgan fingerprint density at radius 2 is 1.18 bits per heavy atom. The molecule has 0 unspecified atom stereocenters. The molecule has 4 rings (SSSR count). The van der Waals surface area contributed by atoms with Crippen LogP contribution < -0.4 is 10.6 Å². The molecule has 0 atom stereocenters. The highest BCUT2D eigenvalue weighted by atomic mass is 15.1. The van der Waals surface area contributed by atoms with Gasteiger partial charge in [-0.3, -0.25) is 0 Å². The normalized spacial score (nSPS) is 10.8. The lowest BCUT2D eigenvalue weighted by Gasteiger charge is -2.17. The van der Waals surface area contributed by atoms with Crippen LogP contribution in [-0.2, 0) is 0 Å². The molecule has 0 aromatic heterocycles. The zero-order valence-electron chi connectivity index (χ0n) is 16.3. The van der Waals surface area contributed by atoms with Gasteiger partial charge in [0.2, 0.25) is 0 Å². The van der Waals surface area contributed by atoms with Crippen LogP contribution in [0.15, 0.2) is 96.8 Å². The highest BCUT2D eigenvalue weighted by Crippen LogP contribution is 2.27. The van der Waals surface area contributed by atoms with Gasteiger partial charge >= 0.3 is 0 Å². The van der Waals surface area contributed by atoms with Crippen molar-refractivity contribution >= 4 is 32.9 Å². The first kappa shape index (κ1) is 18.1. The van der Waals surface area contributed by atoms with E-state index in [1.165, 1.54) is 34.4 Å². The van der Waals surface area contributed by atoms with Crippen molar-refractivity contribution in [2.45, 2.75) is 26.2 Å². The van der Waals surface area contributed by atoms with Gasteiger partial charge in [-0.05, 0) is 41.8 Å². The molecule has 2 heteroatoms. The van der Waals surface area contributed by atoms with Gasteiger partial charge in [-0.1, -0.05) is 86.1 Å². The highest BCUT2D eigenvalue weighted by molar-refractivity contribution is 5.96. The van der Waals surface area contributed by atoms with E-state index < -0.39 is 0 Å². The van der Waals surface area contributed by atoms with Crippen molar-refractivity contribution in [3.63, 3.8) is 0 Å². The Balaban J connectivity index is 1.68. The Kier molecular flexibility index (Phi) is 5.58. The van der Waals surface area contributed by atoms with E-state index in [1.807, 2.05) is 0 Å². The second kappa shape index (κ2) is 8.62. The lowest BCUT2D eigenvalue weighted by atomic mass is 10.1. The zero-order valence-corrected chi connectivity index (χ0v) is 16.3. The number of unbranched alkanes of at least 4 members (excludes halogenated alkanes) is 2. The first-order valence-corrected chi connectivity index (χ1v) is 10.0. The number of anilines is 2. The topological polar surface area (TPSA) is 24.1 Å². The lowest BCUT2D eigenvalue weighted by molar-refractivity contribution is 0.811. The van der Waals surface area contributed by atoms with Gasteiger partial charge < -0.3 is 10.6 Å². The van der Waals surface area contributed by atoms with Gasteiger partial charge in [0, 0.05) is 22.1 Å². The van der Waals surface area contributed by atoms with Crippen LogP contribution in [0.1, 0.15) is 26.2 Å². The van der Waals surface area contributed by atoms with Crippen molar-refractivity contribution in [2.24, 2.45) is 0 Å². The van der Waals surface area contributed by atoms with E-state index in [9.17, 15) is 0 Å². The number of hydrogen-bond acceptors (Lipinski definition) is 2. The fraction of sp³-hybridized carbons (Fsp3) is 0.154. The molecule has 0 aliphatic rings. The summed E-state index contributed by atoms with van der Waals surface area (Å²) in [7, 11) is 0. The molecule has 0 heterocycles. The number of fused-ring (bicyclic) bond motifs is 2. The minimum atomic E-state index is 1.03. The molecule has 140 valence electrons. The fourth-order valence-electron chi connectivity index (χ4n) is 3.54. The fourth-order valence-corrected chi connectivity index (χ4v) is 3.54. The summed E-state index contributed by atoms with van der Waals surface area (Å²) in [6, 6.07) is 29.8. The molecule has 0 amide bonds. The van der Waals surface area contributed by atoms with Crippen LogP contribution >= 0.6 is 0 Å². The summed E-state index contributed by atoms with van der Waals surface area (Å²) in [4.78, 5) is 0. The van der Waals surface area contributed by atoms with E-state index >= 15 is 0 Å². The minimum absolute atomic E-state index is 1.03. The third kappa shape index (κ3) is 4.01. The average Bonchev–Trinajstić information content (AvgIpc) is 2.74. The van der Waals surface area contributed by atoms with Crippen molar-refractivity contribution in [3.8, 4) is 0 Å². The maximum atomic E-state index is 3.64. The van der Waals surface area contributed by atoms with E-state index in [2.05, 4.69) is 109 Å². The number of hydrogen-bond donors (Lipinski definition) is 2. The van der Waals surface area contributed by atoms with E-state index in [-0.39, 0.29) is 0 Å². The van der Waals surface area contributed by atoms with Crippen molar-refractivity contribution in [1.82, 2.24) is 0 Å². The molecular formula is C26H26N2. The van der Waals surface area contributed by atoms with Gasteiger partial charge in [0.15, 0.2) is 0 Å².